The Kier molecular flexibility index (Phi) is 4.34. The number of thiophene rings is 1. The van der Waals surface area contributed by atoms with Crippen molar-refractivity contribution in [1.29, 1.82) is 0 Å². The molecule has 0 fully saturated rings. The van der Waals surface area contributed by atoms with Gasteiger partial charge in [-0.1, -0.05) is 6.07 Å². The number of hydrogen-bond donors (Lipinski definition) is 0. The Morgan fingerprint density at radius 1 is 1.18 bits per heavy atom. The van der Waals surface area contributed by atoms with Crippen LogP contribution in [0.25, 0.3) is 11.0 Å². The molecule has 5 heteroatoms. The van der Waals surface area contributed by atoms with Crippen LogP contribution in [0, 0.1) is 0 Å². The molecule has 22 heavy (non-hydrogen) atoms. The fourth-order valence-corrected chi connectivity index (χ4v) is 2.90. The molecule has 1 aromatic carbocycles. The van der Waals surface area contributed by atoms with Crippen LogP contribution in [0.5, 0.6) is 5.75 Å². The average Bonchev–Trinajstić information content (AvgIpc) is 3.00. The molecule has 0 amide bonds. The summed E-state index contributed by atoms with van der Waals surface area (Å²) in [6.45, 7) is 0. The Morgan fingerprint density at radius 3 is 2.86 bits per heavy atom. The van der Waals surface area contributed by atoms with Crippen molar-refractivity contribution < 1.29 is 13.9 Å². The molecule has 0 N–H and O–H groups in total. The van der Waals surface area contributed by atoms with Gasteiger partial charge in [0.25, 0.3) is 0 Å². The molecule has 4 nitrogen and oxygen atoms in total. The molecule has 3 rings (SSSR count). The molecular formula is C17H14O4S. The number of hydrogen-bond acceptors (Lipinski definition) is 5. The summed E-state index contributed by atoms with van der Waals surface area (Å²) >= 11 is 1.69. The van der Waals surface area contributed by atoms with E-state index in [2.05, 4.69) is 6.07 Å². The molecule has 0 aliphatic carbocycles. The summed E-state index contributed by atoms with van der Waals surface area (Å²) in [5.41, 5.74) is -0.0108. The summed E-state index contributed by atoms with van der Waals surface area (Å²) in [6, 6.07) is 12.1. The quantitative estimate of drug-likeness (QED) is 0.408. The van der Waals surface area contributed by atoms with Gasteiger partial charge in [0.2, 0.25) is 0 Å². The van der Waals surface area contributed by atoms with Crippen LogP contribution in [-0.2, 0) is 11.2 Å². The van der Waals surface area contributed by atoms with E-state index in [9.17, 15) is 9.59 Å². The fraction of sp³-hybridized carbons (Fsp3) is 0.176. The zero-order valence-corrected chi connectivity index (χ0v) is 12.6. The highest BCUT2D eigenvalue weighted by Crippen LogP contribution is 2.20. The molecule has 0 aliphatic heterocycles. The van der Waals surface area contributed by atoms with E-state index in [4.69, 9.17) is 9.15 Å². The molecule has 0 saturated heterocycles. The normalized spacial score (nSPS) is 10.7. The van der Waals surface area contributed by atoms with E-state index in [1.165, 1.54) is 10.9 Å². The van der Waals surface area contributed by atoms with Crippen LogP contribution in [0.1, 0.15) is 17.7 Å². The van der Waals surface area contributed by atoms with Crippen molar-refractivity contribution >= 4 is 28.3 Å². The van der Waals surface area contributed by atoms with Gasteiger partial charge in [0, 0.05) is 28.8 Å². The first-order valence-corrected chi connectivity index (χ1v) is 7.86. The van der Waals surface area contributed by atoms with E-state index >= 15 is 0 Å². The highest BCUT2D eigenvalue weighted by molar-refractivity contribution is 7.09. The second kappa shape index (κ2) is 6.58. The smallest absolute Gasteiger partial charge is 0.336 e. The molecule has 3 aromatic rings. The van der Waals surface area contributed by atoms with Gasteiger partial charge in [-0.05, 0) is 42.5 Å². The van der Waals surface area contributed by atoms with Gasteiger partial charge in [0.05, 0.1) is 0 Å². The predicted octanol–water partition coefficient (Wildman–Crippen LogP) is 3.78. The molecule has 0 radical (unpaired) electrons. The maximum absolute atomic E-state index is 11.8. The zero-order chi connectivity index (χ0) is 15.4. The summed E-state index contributed by atoms with van der Waals surface area (Å²) in [5, 5.41) is 2.81. The van der Waals surface area contributed by atoms with Gasteiger partial charge in [0.1, 0.15) is 11.3 Å². The van der Waals surface area contributed by atoms with Crippen molar-refractivity contribution in [3.8, 4) is 5.75 Å². The molecule has 2 aromatic heterocycles. The van der Waals surface area contributed by atoms with Gasteiger partial charge in [0.15, 0.2) is 0 Å². The van der Waals surface area contributed by atoms with Crippen LogP contribution < -0.4 is 10.4 Å². The topological polar surface area (TPSA) is 56.5 Å². The minimum Gasteiger partial charge on any atom is -0.426 e. The second-order valence-corrected chi connectivity index (χ2v) is 5.89. The first-order chi connectivity index (χ1) is 10.7. The number of carbonyl (C=O) groups excluding carboxylic acids is 1. The number of esters is 1. The molecule has 0 spiro atoms. The molecule has 0 unspecified atom stereocenters. The molecule has 0 bridgehead atoms. The van der Waals surface area contributed by atoms with Crippen molar-refractivity contribution in [2.45, 2.75) is 19.3 Å². The van der Waals surface area contributed by atoms with Crippen molar-refractivity contribution in [1.82, 2.24) is 0 Å². The minimum atomic E-state index is -0.424. The molecule has 0 saturated carbocycles. The largest absolute Gasteiger partial charge is 0.426 e. The van der Waals surface area contributed by atoms with Crippen LogP contribution in [0.3, 0.4) is 0 Å². The first kappa shape index (κ1) is 14.5. The summed E-state index contributed by atoms with van der Waals surface area (Å²) in [6.07, 6.45) is 1.98. The molecular weight excluding hydrogens is 300 g/mol. The number of benzene rings is 1. The Bertz CT molecular complexity index is 833. The predicted molar refractivity (Wildman–Crippen MR) is 85.4 cm³/mol. The van der Waals surface area contributed by atoms with E-state index < -0.39 is 5.63 Å². The van der Waals surface area contributed by atoms with Gasteiger partial charge in [-0.15, -0.1) is 11.3 Å². The maximum Gasteiger partial charge on any atom is 0.336 e. The summed E-state index contributed by atoms with van der Waals surface area (Å²) in [7, 11) is 0. The highest BCUT2D eigenvalue weighted by Gasteiger charge is 2.07. The summed E-state index contributed by atoms with van der Waals surface area (Å²) < 4.78 is 10.4. The van der Waals surface area contributed by atoms with Crippen LogP contribution in [0.2, 0.25) is 0 Å². The Hall–Kier alpha value is -2.40. The lowest BCUT2D eigenvalue weighted by atomic mass is 10.2. The zero-order valence-electron chi connectivity index (χ0n) is 11.8. The minimum absolute atomic E-state index is 0.283. The number of aryl methyl sites for hydroxylation is 1. The van der Waals surface area contributed by atoms with Gasteiger partial charge in [-0.3, -0.25) is 4.79 Å². The third kappa shape index (κ3) is 3.62. The van der Waals surface area contributed by atoms with Crippen molar-refractivity contribution in [2.75, 3.05) is 0 Å². The van der Waals surface area contributed by atoms with Crippen LogP contribution in [0.4, 0.5) is 0 Å². The average molecular weight is 314 g/mol. The van der Waals surface area contributed by atoms with E-state index in [1.807, 2.05) is 11.4 Å². The fourth-order valence-electron chi connectivity index (χ4n) is 2.15. The Labute approximate surface area is 131 Å². The van der Waals surface area contributed by atoms with Gasteiger partial charge in [-0.25, -0.2) is 4.79 Å². The number of ether oxygens (including phenoxy) is 1. The molecule has 0 aliphatic rings. The van der Waals surface area contributed by atoms with Gasteiger partial charge >= 0.3 is 11.6 Å². The molecule has 112 valence electrons. The second-order valence-electron chi connectivity index (χ2n) is 4.86. The van der Waals surface area contributed by atoms with Crippen LogP contribution in [0.15, 0.2) is 57.1 Å². The Morgan fingerprint density at radius 2 is 2.05 bits per heavy atom. The third-order valence-corrected chi connectivity index (χ3v) is 4.15. The molecule has 0 atom stereocenters. The van der Waals surface area contributed by atoms with Gasteiger partial charge in [-0.2, -0.15) is 0 Å². The SMILES string of the molecule is O=C(CCCc1cccs1)Oc1ccc2ccc(=O)oc2c1. The lowest BCUT2D eigenvalue weighted by Gasteiger charge is -2.05. The Balaban J connectivity index is 1.60. The lowest BCUT2D eigenvalue weighted by molar-refractivity contribution is -0.134. The third-order valence-electron chi connectivity index (χ3n) is 3.21. The molecule has 2 heterocycles. The van der Waals surface area contributed by atoms with E-state index in [1.54, 1.807) is 35.6 Å². The maximum atomic E-state index is 11.8. The van der Waals surface area contributed by atoms with Gasteiger partial charge < -0.3 is 9.15 Å². The van der Waals surface area contributed by atoms with E-state index in [-0.39, 0.29) is 5.97 Å². The first-order valence-electron chi connectivity index (χ1n) is 6.98. The van der Waals surface area contributed by atoms with E-state index in [0.29, 0.717) is 17.8 Å². The summed E-state index contributed by atoms with van der Waals surface area (Å²) in [4.78, 5) is 24.3. The number of carbonyl (C=O) groups is 1. The van der Waals surface area contributed by atoms with Crippen LogP contribution >= 0.6 is 11.3 Å². The number of rotatable bonds is 5. The lowest BCUT2D eigenvalue weighted by Crippen LogP contribution is -2.08. The standard InChI is InChI=1S/C17H14O4S/c18-16(5-1-3-14-4-2-10-22-14)20-13-8-6-12-7-9-17(19)21-15(12)11-13/h2,4,6-11H,1,3,5H2. The summed E-state index contributed by atoms with van der Waals surface area (Å²) in [5.74, 6) is 0.108. The van der Waals surface area contributed by atoms with Crippen LogP contribution in [-0.4, -0.2) is 5.97 Å². The monoisotopic (exact) mass is 314 g/mol. The van der Waals surface area contributed by atoms with Crippen molar-refractivity contribution in [2.24, 2.45) is 0 Å². The number of fused-ring (bicyclic) bond motifs is 1. The van der Waals surface area contributed by atoms with Crippen molar-refractivity contribution in [3.63, 3.8) is 0 Å². The van der Waals surface area contributed by atoms with Crippen molar-refractivity contribution in [3.05, 3.63) is 63.1 Å². The highest BCUT2D eigenvalue weighted by atomic mass is 32.1. The van der Waals surface area contributed by atoms with E-state index in [0.717, 1.165) is 18.2 Å².